The first-order valence-electron chi connectivity index (χ1n) is 5.66. The lowest BCUT2D eigenvalue weighted by Crippen LogP contribution is -2.14. The Morgan fingerprint density at radius 1 is 1.40 bits per heavy atom. The average molecular weight is 326 g/mol. The number of thioether (sulfide) groups is 1. The van der Waals surface area contributed by atoms with Gasteiger partial charge in [-0.1, -0.05) is 34.4 Å². The average Bonchev–Trinajstić information content (AvgIpc) is 3.02. The zero-order valence-corrected chi connectivity index (χ0v) is 13.1. The molecule has 3 aromatic rings. The summed E-state index contributed by atoms with van der Waals surface area (Å²) in [4.78, 5) is 16.7. The summed E-state index contributed by atoms with van der Waals surface area (Å²) in [6, 6.07) is 1.48. The number of hydrogen-bond acceptors (Lipinski definition) is 9. The van der Waals surface area contributed by atoms with Crippen molar-refractivity contribution in [1.29, 1.82) is 0 Å². The molecule has 3 rings (SSSR count). The Hall–Kier alpha value is -1.52. The van der Waals surface area contributed by atoms with E-state index in [1.54, 1.807) is 18.7 Å². The number of aromatic nitrogens is 5. The summed E-state index contributed by atoms with van der Waals surface area (Å²) >= 11 is 4.45. The van der Waals surface area contributed by atoms with E-state index in [-0.39, 0.29) is 5.56 Å². The van der Waals surface area contributed by atoms with Crippen molar-refractivity contribution in [3.05, 3.63) is 27.1 Å². The van der Waals surface area contributed by atoms with Crippen molar-refractivity contribution in [3.8, 4) is 0 Å². The van der Waals surface area contributed by atoms with Gasteiger partial charge >= 0.3 is 0 Å². The minimum atomic E-state index is -0.145. The first kappa shape index (κ1) is 13.5. The van der Waals surface area contributed by atoms with Gasteiger partial charge in [0.2, 0.25) is 10.1 Å². The summed E-state index contributed by atoms with van der Waals surface area (Å²) in [7, 11) is 1.81. The van der Waals surface area contributed by atoms with Gasteiger partial charge in [-0.3, -0.25) is 4.79 Å². The first-order chi connectivity index (χ1) is 9.65. The van der Waals surface area contributed by atoms with Crippen LogP contribution in [0.5, 0.6) is 0 Å². The smallest absolute Gasteiger partial charge is 0.275 e. The Bertz CT molecular complexity index is 807. The molecule has 104 valence electrons. The van der Waals surface area contributed by atoms with E-state index in [1.165, 1.54) is 33.3 Å². The molecule has 7 nitrogen and oxygen atoms in total. The van der Waals surface area contributed by atoms with Crippen LogP contribution in [0.2, 0.25) is 0 Å². The quantitative estimate of drug-likeness (QED) is 0.730. The summed E-state index contributed by atoms with van der Waals surface area (Å²) in [5, 5.41) is 16.9. The van der Waals surface area contributed by atoms with Crippen molar-refractivity contribution in [3.63, 3.8) is 0 Å². The van der Waals surface area contributed by atoms with E-state index in [0.29, 0.717) is 16.4 Å². The van der Waals surface area contributed by atoms with E-state index < -0.39 is 0 Å². The Morgan fingerprint density at radius 2 is 2.25 bits per heavy atom. The molecule has 0 saturated heterocycles. The van der Waals surface area contributed by atoms with Gasteiger partial charge in [0.25, 0.3) is 5.56 Å². The Labute approximate surface area is 126 Å². The largest absolute Gasteiger partial charge is 0.363 e. The molecule has 0 unspecified atom stereocenters. The third kappa shape index (κ3) is 2.67. The molecule has 0 aliphatic carbocycles. The number of anilines is 1. The fourth-order valence-electron chi connectivity index (χ4n) is 1.51. The molecule has 0 radical (unpaired) electrons. The van der Waals surface area contributed by atoms with Crippen LogP contribution in [0.15, 0.2) is 15.2 Å². The van der Waals surface area contributed by atoms with E-state index in [0.717, 1.165) is 14.5 Å². The van der Waals surface area contributed by atoms with Crippen LogP contribution in [0.4, 0.5) is 5.13 Å². The van der Waals surface area contributed by atoms with Crippen molar-refractivity contribution in [2.45, 2.75) is 17.0 Å². The summed E-state index contributed by atoms with van der Waals surface area (Å²) < 4.78 is 2.21. The Morgan fingerprint density at radius 3 is 3.00 bits per heavy atom. The summed E-state index contributed by atoms with van der Waals surface area (Å²) in [5.74, 6) is 0.644. The number of rotatable bonds is 4. The fraction of sp³-hybridized carbons (Fsp3) is 0.300. The highest BCUT2D eigenvalue weighted by atomic mass is 32.2. The second kappa shape index (κ2) is 5.46. The highest BCUT2D eigenvalue weighted by Gasteiger charge is 2.10. The number of hydrogen-bond donors (Lipinski definition) is 1. The van der Waals surface area contributed by atoms with Gasteiger partial charge in [-0.2, -0.15) is 9.61 Å². The first-order valence-corrected chi connectivity index (χ1v) is 8.28. The van der Waals surface area contributed by atoms with E-state index >= 15 is 0 Å². The molecule has 0 fully saturated rings. The molecule has 0 amide bonds. The molecule has 0 spiro atoms. The van der Waals surface area contributed by atoms with Gasteiger partial charge in [0, 0.05) is 18.8 Å². The lowest BCUT2D eigenvalue weighted by Gasteiger charge is -1.90. The van der Waals surface area contributed by atoms with Gasteiger partial charge in [-0.05, 0) is 6.92 Å². The second-order valence-corrected chi connectivity index (χ2v) is 7.08. The fourth-order valence-corrected chi connectivity index (χ4v) is 4.15. The van der Waals surface area contributed by atoms with Crippen LogP contribution in [0, 0.1) is 6.92 Å². The van der Waals surface area contributed by atoms with Gasteiger partial charge in [0.05, 0.1) is 5.75 Å². The van der Waals surface area contributed by atoms with Gasteiger partial charge < -0.3 is 5.32 Å². The molecule has 0 aliphatic heterocycles. The molecule has 3 heterocycles. The molecule has 0 atom stereocenters. The molecule has 10 heteroatoms. The third-order valence-electron chi connectivity index (χ3n) is 2.35. The molecule has 0 aliphatic rings. The number of nitrogens with one attached hydrogen (secondary N) is 1. The SMILES string of the molecule is CNc1nnc(SCc2nn3c(=O)cc(C)nc3s2)s1. The molecule has 20 heavy (non-hydrogen) atoms. The highest BCUT2D eigenvalue weighted by Crippen LogP contribution is 2.28. The highest BCUT2D eigenvalue weighted by molar-refractivity contribution is 8.00. The van der Waals surface area contributed by atoms with Crippen LogP contribution in [0.1, 0.15) is 10.7 Å². The van der Waals surface area contributed by atoms with Crippen molar-refractivity contribution in [2.75, 3.05) is 12.4 Å². The maximum atomic E-state index is 11.8. The minimum absolute atomic E-state index is 0.145. The van der Waals surface area contributed by atoms with E-state index in [1.807, 2.05) is 7.05 Å². The summed E-state index contributed by atoms with van der Waals surface area (Å²) in [6.45, 7) is 1.80. The van der Waals surface area contributed by atoms with Crippen molar-refractivity contribution in [1.82, 2.24) is 24.8 Å². The van der Waals surface area contributed by atoms with Gasteiger partial charge in [0.1, 0.15) is 5.01 Å². The van der Waals surface area contributed by atoms with Crippen LogP contribution >= 0.6 is 34.4 Å². The predicted octanol–water partition coefficient (Wildman–Crippen LogP) is 1.64. The third-order valence-corrected chi connectivity index (χ3v) is 5.53. The number of aryl methyl sites for hydroxylation is 1. The van der Waals surface area contributed by atoms with E-state index in [9.17, 15) is 4.79 Å². The molecule has 0 bridgehead atoms. The topological polar surface area (TPSA) is 85.1 Å². The lowest BCUT2D eigenvalue weighted by atomic mass is 10.5. The summed E-state index contributed by atoms with van der Waals surface area (Å²) in [6.07, 6.45) is 0. The summed E-state index contributed by atoms with van der Waals surface area (Å²) in [5.41, 5.74) is 0.564. The zero-order chi connectivity index (χ0) is 14.1. The lowest BCUT2D eigenvalue weighted by molar-refractivity contribution is 0.870. The Balaban J connectivity index is 1.81. The maximum Gasteiger partial charge on any atom is 0.275 e. The standard InChI is InChI=1S/C10H10N6OS3/c1-5-3-7(17)16-9(12-5)19-6(15-16)4-18-10-14-13-8(11-2)20-10/h3H,4H2,1-2H3,(H,11,13). The normalized spacial score (nSPS) is 11.1. The van der Waals surface area contributed by atoms with Crippen LogP contribution in [-0.2, 0) is 5.75 Å². The molecular weight excluding hydrogens is 316 g/mol. The maximum absolute atomic E-state index is 11.8. The molecular formula is C10H10N6OS3. The van der Waals surface area contributed by atoms with E-state index in [2.05, 4.69) is 25.6 Å². The van der Waals surface area contributed by atoms with Crippen molar-refractivity contribution < 1.29 is 0 Å². The van der Waals surface area contributed by atoms with Crippen LogP contribution in [0.3, 0.4) is 0 Å². The molecule has 0 saturated carbocycles. The molecule has 3 aromatic heterocycles. The number of nitrogens with zero attached hydrogens (tertiary/aromatic N) is 5. The molecule has 1 N–H and O–H groups in total. The van der Waals surface area contributed by atoms with Crippen LogP contribution < -0.4 is 10.9 Å². The van der Waals surface area contributed by atoms with Gasteiger partial charge in [0.15, 0.2) is 4.34 Å². The predicted molar refractivity (Wildman–Crippen MR) is 80.9 cm³/mol. The van der Waals surface area contributed by atoms with Crippen molar-refractivity contribution >= 4 is 44.5 Å². The monoisotopic (exact) mass is 326 g/mol. The second-order valence-electron chi connectivity index (χ2n) is 3.84. The van der Waals surface area contributed by atoms with Crippen LogP contribution in [-0.4, -0.2) is 31.8 Å². The molecule has 0 aromatic carbocycles. The minimum Gasteiger partial charge on any atom is -0.363 e. The van der Waals surface area contributed by atoms with E-state index in [4.69, 9.17) is 0 Å². The van der Waals surface area contributed by atoms with Gasteiger partial charge in [-0.25, -0.2) is 4.98 Å². The van der Waals surface area contributed by atoms with Gasteiger partial charge in [-0.15, -0.1) is 10.2 Å². The Kier molecular flexibility index (Phi) is 3.68. The van der Waals surface area contributed by atoms with Crippen molar-refractivity contribution in [2.24, 2.45) is 0 Å². The van der Waals surface area contributed by atoms with Crippen LogP contribution in [0.25, 0.3) is 4.96 Å². The number of fused-ring (bicyclic) bond motifs is 1. The zero-order valence-electron chi connectivity index (χ0n) is 10.7.